The summed E-state index contributed by atoms with van der Waals surface area (Å²) in [5.74, 6) is 0. The first-order valence-corrected chi connectivity index (χ1v) is 11.1. The minimum atomic E-state index is -3.18. The number of aryl methyl sites for hydroxylation is 1. The summed E-state index contributed by atoms with van der Waals surface area (Å²) in [5.41, 5.74) is 4.10. The number of sulfone groups is 1. The molecule has 2 heterocycles. The summed E-state index contributed by atoms with van der Waals surface area (Å²) in [6, 6.07) is 15.0. The Hall–Kier alpha value is -2.71. The largest absolute Gasteiger partial charge is 0.378 e. The highest BCUT2D eigenvalue weighted by Crippen LogP contribution is 2.28. The minimum Gasteiger partial charge on any atom is -0.378 e. The van der Waals surface area contributed by atoms with E-state index in [-0.39, 0.29) is 0 Å². The molecular formula is C19H18N4O2S2. The SMILES string of the molecule is Cc1cccc2[nH]c(-c3nnc(CNc4ccc(S(C)(=O)=O)cc4)s3)cc12. The van der Waals surface area contributed by atoms with Crippen LogP contribution >= 0.6 is 11.3 Å². The van der Waals surface area contributed by atoms with Gasteiger partial charge in [0.25, 0.3) is 0 Å². The summed E-state index contributed by atoms with van der Waals surface area (Å²) in [5, 5.41) is 14.7. The molecule has 0 fully saturated rings. The molecule has 0 aliphatic carbocycles. The topological polar surface area (TPSA) is 87.7 Å². The number of aromatic nitrogens is 3. The molecule has 2 aromatic heterocycles. The molecule has 0 unspecified atom stereocenters. The summed E-state index contributed by atoms with van der Waals surface area (Å²) in [7, 11) is -3.18. The van der Waals surface area contributed by atoms with E-state index >= 15 is 0 Å². The molecule has 2 aromatic carbocycles. The monoisotopic (exact) mass is 398 g/mol. The quantitative estimate of drug-likeness (QED) is 0.530. The second kappa shape index (κ2) is 6.79. The zero-order chi connectivity index (χ0) is 19.0. The van der Waals surface area contributed by atoms with Gasteiger partial charge in [-0.15, -0.1) is 10.2 Å². The van der Waals surface area contributed by atoms with Crippen molar-refractivity contribution in [3.8, 4) is 10.7 Å². The highest BCUT2D eigenvalue weighted by Gasteiger charge is 2.11. The molecule has 2 N–H and O–H groups in total. The van der Waals surface area contributed by atoms with Crippen molar-refractivity contribution in [2.24, 2.45) is 0 Å². The minimum absolute atomic E-state index is 0.306. The van der Waals surface area contributed by atoms with Gasteiger partial charge in [0.05, 0.1) is 17.1 Å². The number of nitrogens with zero attached hydrogens (tertiary/aromatic N) is 2. The van der Waals surface area contributed by atoms with Crippen LogP contribution in [0.25, 0.3) is 21.6 Å². The summed E-state index contributed by atoms with van der Waals surface area (Å²) in [6.45, 7) is 2.61. The summed E-state index contributed by atoms with van der Waals surface area (Å²) in [6.07, 6.45) is 1.20. The van der Waals surface area contributed by atoms with E-state index in [0.717, 1.165) is 26.9 Å². The van der Waals surface area contributed by atoms with Gasteiger partial charge in [-0.3, -0.25) is 0 Å². The standard InChI is InChI=1S/C19H18N4O2S2/c1-12-4-3-5-16-15(12)10-17(21-16)19-23-22-18(26-19)11-20-13-6-8-14(9-7-13)27(2,24)25/h3-10,20-21H,11H2,1-2H3. The first-order valence-electron chi connectivity index (χ1n) is 8.35. The molecule has 0 spiro atoms. The lowest BCUT2D eigenvalue weighted by Gasteiger charge is -2.04. The van der Waals surface area contributed by atoms with Crippen LogP contribution in [0.2, 0.25) is 0 Å². The number of anilines is 1. The molecule has 0 aliphatic heterocycles. The van der Waals surface area contributed by atoms with Crippen molar-refractivity contribution in [1.82, 2.24) is 15.2 Å². The summed E-state index contributed by atoms with van der Waals surface area (Å²) in [4.78, 5) is 3.70. The zero-order valence-electron chi connectivity index (χ0n) is 14.9. The third kappa shape index (κ3) is 3.72. The second-order valence-corrected chi connectivity index (χ2v) is 9.45. The normalized spacial score (nSPS) is 11.8. The van der Waals surface area contributed by atoms with Crippen molar-refractivity contribution in [2.75, 3.05) is 11.6 Å². The van der Waals surface area contributed by atoms with Crippen molar-refractivity contribution >= 4 is 37.8 Å². The van der Waals surface area contributed by atoms with Gasteiger partial charge in [0.15, 0.2) is 14.8 Å². The number of hydrogen-bond donors (Lipinski definition) is 2. The van der Waals surface area contributed by atoms with Gasteiger partial charge >= 0.3 is 0 Å². The molecular weight excluding hydrogens is 380 g/mol. The van der Waals surface area contributed by atoms with Crippen molar-refractivity contribution in [1.29, 1.82) is 0 Å². The Labute approximate surface area is 161 Å². The van der Waals surface area contributed by atoms with Gasteiger partial charge in [0, 0.05) is 22.8 Å². The average molecular weight is 399 g/mol. The summed E-state index contributed by atoms with van der Waals surface area (Å²) >= 11 is 1.52. The fraction of sp³-hybridized carbons (Fsp3) is 0.158. The number of benzene rings is 2. The lowest BCUT2D eigenvalue weighted by molar-refractivity contribution is 0.602. The molecule has 0 amide bonds. The van der Waals surface area contributed by atoms with E-state index in [2.05, 4.69) is 45.6 Å². The van der Waals surface area contributed by atoms with E-state index in [1.165, 1.54) is 28.5 Å². The predicted octanol–water partition coefficient (Wildman–Crippen LogP) is 4.01. The van der Waals surface area contributed by atoms with Crippen LogP contribution in [0.1, 0.15) is 10.6 Å². The number of nitrogens with one attached hydrogen (secondary N) is 2. The molecule has 27 heavy (non-hydrogen) atoms. The number of hydrogen-bond acceptors (Lipinski definition) is 6. The lowest BCUT2D eigenvalue weighted by Crippen LogP contribution is -2.00. The third-order valence-corrected chi connectivity index (χ3v) is 6.39. The Morgan fingerprint density at radius 1 is 1.11 bits per heavy atom. The number of rotatable bonds is 5. The van der Waals surface area contributed by atoms with E-state index < -0.39 is 9.84 Å². The fourth-order valence-corrected chi connectivity index (χ4v) is 4.23. The Bertz CT molecular complexity index is 1210. The first-order chi connectivity index (χ1) is 12.9. The fourth-order valence-electron chi connectivity index (χ4n) is 2.85. The van der Waals surface area contributed by atoms with Crippen LogP contribution < -0.4 is 5.32 Å². The Morgan fingerprint density at radius 3 is 2.59 bits per heavy atom. The van der Waals surface area contributed by atoms with E-state index in [9.17, 15) is 8.42 Å². The van der Waals surface area contributed by atoms with Gasteiger partial charge < -0.3 is 10.3 Å². The van der Waals surface area contributed by atoms with E-state index in [1.807, 2.05) is 6.07 Å². The van der Waals surface area contributed by atoms with Crippen molar-refractivity contribution in [3.63, 3.8) is 0 Å². The second-order valence-electron chi connectivity index (χ2n) is 6.37. The highest BCUT2D eigenvalue weighted by atomic mass is 32.2. The van der Waals surface area contributed by atoms with Crippen molar-refractivity contribution < 1.29 is 8.42 Å². The predicted molar refractivity (Wildman–Crippen MR) is 109 cm³/mol. The molecule has 4 aromatic rings. The maximum atomic E-state index is 11.5. The van der Waals surface area contributed by atoms with E-state index in [1.54, 1.807) is 24.3 Å². The molecule has 0 atom stereocenters. The van der Waals surface area contributed by atoms with Gasteiger partial charge in [-0.25, -0.2) is 8.42 Å². The number of fused-ring (bicyclic) bond motifs is 1. The van der Waals surface area contributed by atoms with E-state index in [4.69, 9.17) is 0 Å². The van der Waals surface area contributed by atoms with Gasteiger partial charge in [0.1, 0.15) is 5.01 Å². The van der Waals surface area contributed by atoms with Crippen LogP contribution in [0.15, 0.2) is 53.4 Å². The van der Waals surface area contributed by atoms with Crippen LogP contribution in [0.3, 0.4) is 0 Å². The van der Waals surface area contributed by atoms with Gasteiger partial charge in [0.2, 0.25) is 0 Å². The Kier molecular flexibility index (Phi) is 4.45. The van der Waals surface area contributed by atoms with Gasteiger partial charge in [-0.05, 0) is 48.9 Å². The van der Waals surface area contributed by atoms with Crippen LogP contribution in [0, 0.1) is 6.92 Å². The smallest absolute Gasteiger partial charge is 0.175 e. The highest BCUT2D eigenvalue weighted by molar-refractivity contribution is 7.90. The first kappa shape index (κ1) is 17.7. The summed E-state index contributed by atoms with van der Waals surface area (Å²) < 4.78 is 23.0. The van der Waals surface area contributed by atoms with Crippen molar-refractivity contribution in [2.45, 2.75) is 18.4 Å². The Morgan fingerprint density at radius 2 is 1.89 bits per heavy atom. The van der Waals surface area contributed by atoms with Crippen LogP contribution in [0.5, 0.6) is 0 Å². The third-order valence-electron chi connectivity index (χ3n) is 4.31. The number of aromatic amines is 1. The molecule has 6 nitrogen and oxygen atoms in total. The zero-order valence-corrected chi connectivity index (χ0v) is 16.5. The molecule has 4 rings (SSSR count). The molecule has 0 saturated carbocycles. The molecule has 0 radical (unpaired) electrons. The Balaban J connectivity index is 1.48. The maximum absolute atomic E-state index is 11.5. The van der Waals surface area contributed by atoms with Gasteiger partial charge in [-0.1, -0.05) is 23.5 Å². The maximum Gasteiger partial charge on any atom is 0.175 e. The number of H-pyrrole nitrogens is 1. The van der Waals surface area contributed by atoms with Crippen LogP contribution in [-0.4, -0.2) is 29.9 Å². The molecule has 138 valence electrons. The molecule has 0 saturated heterocycles. The molecule has 0 bridgehead atoms. The molecule has 0 aliphatic rings. The van der Waals surface area contributed by atoms with E-state index in [0.29, 0.717) is 11.4 Å². The van der Waals surface area contributed by atoms with Crippen LogP contribution in [-0.2, 0) is 16.4 Å². The van der Waals surface area contributed by atoms with Crippen molar-refractivity contribution in [3.05, 3.63) is 59.1 Å². The van der Waals surface area contributed by atoms with Crippen LogP contribution in [0.4, 0.5) is 5.69 Å². The average Bonchev–Trinajstić information content (AvgIpc) is 3.27. The molecule has 8 heteroatoms. The lowest BCUT2D eigenvalue weighted by atomic mass is 10.1. The van der Waals surface area contributed by atoms with Gasteiger partial charge in [-0.2, -0.15) is 0 Å².